The number of aliphatic hydroxyl groups is 1. The Labute approximate surface area is 143 Å². The SMILES string of the molecule is Cc1nc(C(F)F)ccc1C(O)=C1C(=O)C(C)(C)C(=O)C(C)(C)C1=O. The van der Waals surface area contributed by atoms with E-state index in [0.29, 0.717) is 0 Å². The van der Waals surface area contributed by atoms with Gasteiger partial charge in [0.1, 0.15) is 17.0 Å². The molecule has 1 saturated carbocycles. The molecule has 1 fully saturated rings. The molecule has 7 heteroatoms. The van der Waals surface area contributed by atoms with Gasteiger partial charge in [0.25, 0.3) is 6.43 Å². The number of aliphatic hydroxyl groups excluding tert-OH is 1. The summed E-state index contributed by atoms with van der Waals surface area (Å²) in [7, 11) is 0. The summed E-state index contributed by atoms with van der Waals surface area (Å²) in [5.41, 5.74) is -3.88. The highest BCUT2D eigenvalue weighted by atomic mass is 19.3. The van der Waals surface area contributed by atoms with Gasteiger partial charge in [0.2, 0.25) is 0 Å². The number of carbonyl (C=O) groups is 3. The molecule has 0 amide bonds. The molecule has 0 unspecified atom stereocenters. The van der Waals surface area contributed by atoms with Crippen molar-refractivity contribution >= 4 is 23.1 Å². The van der Waals surface area contributed by atoms with Crippen LogP contribution >= 0.6 is 0 Å². The van der Waals surface area contributed by atoms with E-state index >= 15 is 0 Å². The second-order valence-electron chi connectivity index (χ2n) is 7.13. The van der Waals surface area contributed by atoms with E-state index in [2.05, 4.69) is 4.98 Å². The largest absolute Gasteiger partial charge is 0.506 e. The number of rotatable bonds is 2. The second kappa shape index (κ2) is 5.82. The summed E-state index contributed by atoms with van der Waals surface area (Å²) in [5, 5.41) is 10.5. The lowest BCUT2D eigenvalue weighted by molar-refractivity contribution is -0.151. The summed E-state index contributed by atoms with van der Waals surface area (Å²) in [6, 6.07) is 2.20. The fraction of sp³-hybridized carbons (Fsp3) is 0.444. The third-order valence-corrected chi connectivity index (χ3v) is 4.55. The number of aryl methyl sites for hydroxylation is 1. The molecule has 0 saturated heterocycles. The van der Waals surface area contributed by atoms with Crippen molar-refractivity contribution in [2.24, 2.45) is 10.8 Å². The number of ketones is 3. The average Bonchev–Trinajstić information content (AvgIpc) is 2.52. The highest BCUT2D eigenvalue weighted by molar-refractivity contribution is 6.40. The quantitative estimate of drug-likeness (QED) is 0.382. The molecule has 0 spiro atoms. The van der Waals surface area contributed by atoms with E-state index in [4.69, 9.17) is 0 Å². The minimum absolute atomic E-state index is 0.00190. The molecule has 1 aromatic rings. The molecule has 1 heterocycles. The minimum atomic E-state index is -2.78. The van der Waals surface area contributed by atoms with Crippen molar-refractivity contribution in [3.63, 3.8) is 0 Å². The van der Waals surface area contributed by atoms with E-state index in [9.17, 15) is 28.3 Å². The fourth-order valence-electron chi connectivity index (χ4n) is 3.02. The number of nitrogens with zero attached hydrogens (tertiary/aromatic N) is 1. The minimum Gasteiger partial charge on any atom is -0.506 e. The van der Waals surface area contributed by atoms with Gasteiger partial charge in [0, 0.05) is 11.3 Å². The normalized spacial score (nSPS) is 19.5. The average molecular weight is 351 g/mol. The van der Waals surface area contributed by atoms with Crippen LogP contribution in [0.25, 0.3) is 5.76 Å². The van der Waals surface area contributed by atoms with Gasteiger partial charge < -0.3 is 5.11 Å². The predicted octanol–water partition coefficient (Wildman–Crippen LogP) is 3.37. The van der Waals surface area contributed by atoms with Crippen molar-refractivity contribution in [1.29, 1.82) is 0 Å². The Morgan fingerprint density at radius 2 is 1.52 bits per heavy atom. The van der Waals surface area contributed by atoms with Gasteiger partial charge in [0.15, 0.2) is 17.3 Å². The first-order valence-corrected chi connectivity index (χ1v) is 7.67. The van der Waals surface area contributed by atoms with Gasteiger partial charge in [-0.1, -0.05) is 0 Å². The second-order valence-corrected chi connectivity index (χ2v) is 7.13. The number of allylic oxidation sites excluding steroid dienone is 1. The fourth-order valence-corrected chi connectivity index (χ4v) is 3.02. The van der Waals surface area contributed by atoms with Crippen LogP contribution in [0.15, 0.2) is 17.7 Å². The van der Waals surface area contributed by atoms with E-state index in [1.807, 2.05) is 0 Å². The number of Topliss-reactive ketones (excluding diaryl/α,β-unsaturated/α-hetero) is 3. The Morgan fingerprint density at radius 3 is 1.92 bits per heavy atom. The number of carbonyl (C=O) groups excluding carboxylic acids is 3. The molecule has 2 rings (SSSR count). The van der Waals surface area contributed by atoms with Gasteiger partial charge in [-0.25, -0.2) is 8.78 Å². The maximum Gasteiger partial charge on any atom is 0.280 e. The molecule has 5 nitrogen and oxygen atoms in total. The van der Waals surface area contributed by atoms with Crippen LogP contribution in [-0.2, 0) is 14.4 Å². The van der Waals surface area contributed by atoms with Crippen LogP contribution in [0.5, 0.6) is 0 Å². The number of alkyl halides is 2. The topological polar surface area (TPSA) is 84.3 Å². The lowest BCUT2D eigenvalue weighted by Crippen LogP contribution is -2.54. The molecule has 25 heavy (non-hydrogen) atoms. The molecule has 0 radical (unpaired) electrons. The standard InChI is InChI=1S/C18H19F2NO4/c1-8-9(6-7-10(21-8)15(19)20)12(22)11-13(23)17(2,3)16(25)18(4,5)14(11)24/h6-7,15,22H,1-5H3. The summed E-state index contributed by atoms with van der Waals surface area (Å²) in [6.07, 6.45) is -2.78. The van der Waals surface area contributed by atoms with Gasteiger partial charge >= 0.3 is 0 Å². The van der Waals surface area contributed by atoms with Gasteiger partial charge in [-0.3, -0.25) is 19.4 Å². The summed E-state index contributed by atoms with van der Waals surface area (Å²) in [5.74, 6) is -2.77. The number of aromatic nitrogens is 1. The lowest BCUT2D eigenvalue weighted by atomic mass is 9.60. The molecular weight excluding hydrogens is 332 g/mol. The van der Waals surface area contributed by atoms with E-state index in [0.717, 1.165) is 6.07 Å². The Kier molecular flexibility index (Phi) is 4.40. The van der Waals surface area contributed by atoms with E-state index < -0.39 is 51.6 Å². The maximum absolute atomic E-state index is 12.7. The van der Waals surface area contributed by atoms with Crippen LogP contribution in [0.1, 0.15) is 51.1 Å². The zero-order valence-corrected chi connectivity index (χ0v) is 14.6. The highest BCUT2D eigenvalue weighted by Crippen LogP contribution is 2.42. The van der Waals surface area contributed by atoms with Crippen LogP contribution in [0.3, 0.4) is 0 Å². The third-order valence-electron chi connectivity index (χ3n) is 4.55. The van der Waals surface area contributed by atoms with E-state index in [-0.39, 0.29) is 11.3 Å². The first kappa shape index (κ1) is 18.9. The first-order chi connectivity index (χ1) is 11.3. The summed E-state index contributed by atoms with van der Waals surface area (Å²) >= 11 is 0. The Hall–Kier alpha value is -2.44. The van der Waals surface area contributed by atoms with Gasteiger partial charge in [0.05, 0.1) is 10.8 Å². The van der Waals surface area contributed by atoms with Crippen LogP contribution in [-0.4, -0.2) is 27.4 Å². The lowest BCUT2D eigenvalue weighted by Gasteiger charge is -2.37. The third kappa shape index (κ3) is 2.77. The Morgan fingerprint density at radius 1 is 1.04 bits per heavy atom. The summed E-state index contributed by atoms with van der Waals surface area (Å²) < 4.78 is 25.4. The zero-order chi connectivity index (χ0) is 19.3. The molecule has 0 bridgehead atoms. The van der Waals surface area contributed by atoms with Crippen molar-refractivity contribution in [3.05, 3.63) is 34.7 Å². The van der Waals surface area contributed by atoms with Gasteiger partial charge in [-0.05, 0) is 46.8 Å². The molecule has 1 aliphatic rings. The molecule has 134 valence electrons. The molecule has 0 aliphatic heterocycles. The van der Waals surface area contributed by atoms with Crippen molar-refractivity contribution in [3.8, 4) is 0 Å². The van der Waals surface area contributed by atoms with E-state index in [1.54, 1.807) is 0 Å². The predicted molar refractivity (Wildman–Crippen MR) is 86.1 cm³/mol. The number of hydrogen-bond donors (Lipinski definition) is 1. The zero-order valence-electron chi connectivity index (χ0n) is 14.6. The van der Waals surface area contributed by atoms with Crippen molar-refractivity contribution in [2.45, 2.75) is 41.0 Å². The number of halogens is 2. The van der Waals surface area contributed by atoms with Crippen molar-refractivity contribution in [2.75, 3.05) is 0 Å². The molecule has 1 N–H and O–H groups in total. The van der Waals surface area contributed by atoms with Crippen LogP contribution < -0.4 is 0 Å². The smallest absolute Gasteiger partial charge is 0.280 e. The van der Waals surface area contributed by atoms with Crippen LogP contribution in [0, 0.1) is 17.8 Å². The molecule has 1 aromatic heterocycles. The monoisotopic (exact) mass is 351 g/mol. The number of pyridine rings is 1. The maximum atomic E-state index is 12.7. The van der Waals surface area contributed by atoms with Gasteiger partial charge in [-0.2, -0.15) is 0 Å². The van der Waals surface area contributed by atoms with E-state index in [1.165, 1.54) is 40.7 Å². The summed E-state index contributed by atoms with van der Waals surface area (Å²) in [6.45, 7) is 6.96. The Balaban J connectivity index is 2.70. The molecule has 1 aliphatic carbocycles. The van der Waals surface area contributed by atoms with Crippen LogP contribution in [0.4, 0.5) is 8.78 Å². The number of hydrogen-bond acceptors (Lipinski definition) is 5. The van der Waals surface area contributed by atoms with Crippen molar-refractivity contribution < 1.29 is 28.3 Å². The Bertz CT molecular complexity index is 790. The molecule has 0 aromatic carbocycles. The molecular formula is C18H19F2NO4. The highest BCUT2D eigenvalue weighted by Gasteiger charge is 2.56. The molecule has 0 atom stereocenters. The van der Waals surface area contributed by atoms with Gasteiger partial charge in [-0.15, -0.1) is 0 Å². The van der Waals surface area contributed by atoms with Crippen molar-refractivity contribution in [1.82, 2.24) is 4.98 Å². The summed E-state index contributed by atoms with van der Waals surface area (Å²) in [4.78, 5) is 41.4. The first-order valence-electron chi connectivity index (χ1n) is 7.67. The van der Waals surface area contributed by atoms with Crippen LogP contribution in [0.2, 0.25) is 0 Å².